The molecule has 1 unspecified atom stereocenters. The maximum Gasteiger partial charge on any atom is 0.168 e. The molecule has 58 valence electrons. The number of fused-ring (bicyclic) bond motifs is 1. The zero-order valence-electron chi connectivity index (χ0n) is 5.51. The van der Waals surface area contributed by atoms with E-state index in [4.69, 9.17) is 23.2 Å². The Morgan fingerprint density at radius 3 is 3.27 bits per heavy atom. The summed E-state index contributed by atoms with van der Waals surface area (Å²) in [6.45, 7) is 0. The van der Waals surface area contributed by atoms with Crippen LogP contribution in [0.1, 0.15) is 16.9 Å². The lowest BCUT2D eigenvalue weighted by Crippen LogP contribution is -2.07. The number of aromatic nitrogens is 2. The molecule has 3 nitrogen and oxygen atoms in total. The maximum atomic E-state index is 5.83. The molecule has 1 N–H and O–H groups in total. The predicted molar refractivity (Wildman–Crippen MR) is 44.2 cm³/mol. The predicted octanol–water partition coefficient (Wildman–Crippen LogP) is 1.84. The molecular weight excluding hydrogens is 185 g/mol. The Balaban J connectivity index is 2.45. The first-order valence-corrected chi connectivity index (χ1v) is 3.97. The van der Waals surface area contributed by atoms with Gasteiger partial charge in [-0.1, -0.05) is 23.2 Å². The highest BCUT2D eigenvalue weighted by Crippen LogP contribution is 2.28. The number of imidazole rings is 1. The third kappa shape index (κ3) is 1.14. The summed E-state index contributed by atoms with van der Waals surface area (Å²) < 4.78 is 0. The third-order valence-electron chi connectivity index (χ3n) is 1.55. The monoisotopic (exact) mass is 189 g/mol. The molecule has 11 heavy (non-hydrogen) atoms. The maximum absolute atomic E-state index is 5.83. The van der Waals surface area contributed by atoms with Gasteiger partial charge in [-0.05, 0) is 0 Å². The summed E-state index contributed by atoms with van der Waals surface area (Å²) >= 11 is 11.5. The lowest BCUT2D eigenvalue weighted by atomic mass is 10.2. The van der Waals surface area contributed by atoms with Crippen LogP contribution in [0.5, 0.6) is 0 Å². The van der Waals surface area contributed by atoms with Crippen molar-refractivity contribution in [1.82, 2.24) is 9.97 Å². The molecule has 0 radical (unpaired) electrons. The van der Waals surface area contributed by atoms with E-state index in [1.807, 2.05) is 0 Å². The summed E-state index contributed by atoms with van der Waals surface area (Å²) in [7, 11) is 0. The number of hydrogen-bond acceptors (Lipinski definition) is 2. The fraction of sp³-hybridized carbons (Fsp3) is 0.333. The van der Waals surface area contributed by atoms with Crippen molar-refractivity contribution in [3.8, 4) is 0 Å². The third-order valence-corrected chi connectivity index (χ3v) is 2.09. The topological polar surface area (TPSA) is 41.0 Å². The second-order valence-corrected chi connectivity index (χ2v) is 3.13. The fourth-order valence-corrected chi connectivity index (χ4v) is 1.64. The van der Waals surface area contributed by atoms with Crippen LogP contribution in [0.15, 0.2) is 11.3 Å². The van der Waals surface area contributed by atoms with Crippen LogP contribution in [0.4, 0.5) is 0 Å². The molecule has 2 heterocycles. The van der Waals surface area contributed by atoms with Gasteiger partial charge in [-0.25, -0.2) is 4.98 Å². The van der Waals surface area contributed by atoms with Gasteiger partial charge >= 0.3 is 0 Å². The number of rotatable bonds is 0. The van der Waals surface area contributed by atoms with E-state index in [0.29, 0.717) is 11.6 Å². The first-order valence-electron chi connectivity index (χ1n) is 3.16. The summed E-state index contributed by atoms with van der Waals surface area (Å²) in [6.07, 6.45) is 2.21. The van der Waals surface area contributed by atoms with Gasteiger partial charge in [0, 0.05) is 12.1 Å². The van der Waals surface area contributed by atoms with E-state index in [0.717, 1.165) is 11.4 Å². The highest BCUT2D eigenvalue weighted by Gasteiger charge is 2.20. The van der Waals surface area contributed by atoms with Crippen molar-refractivity contribution in [2.75, 3.05) is 0 Å². The number of aromatic amines is 1. The Morgan fingerprint density at radius 1 is 1.64 bits per heavy atom. The Hall–Kier alpha value is -0.540. The first-order chi connectivity index (χ1) is 5.27. The first kappa shape index (κ1) is 7.13. The quantitative estimate of drug-likeness (QED) is 0.492. The molecule has 1 aromatic rings. The van der Waals surface area contributed by atoms with Crippen LogP contribution in [0.25, 0.3) is 0 Å². The van der Waals surface area contributed by atoms with Gasteiger partial charge in [-0.15, -0.1) is 0 Å². The van der Waals surface area contributed by atoms with Crippen LogP contribution < -0.4 is 0 Å². The summed E-state index contributed by atoms with van der Waals surface area (Å²) in [5.74, 6) is 0. The second-order valence-electron chi connectivity index (χ2n) is 2.28. The fourth-order valence-electron chi connectivity index (χ4n) is 1.05. The van der Waals surface area contributed by atoms with Crippen LogP contribution in [0.2, 0.25) is 0 Å². The van der Waals surface area contributed by atoms with Crippen LogP contribution in [0, 0.1) is 0 Å². The Labute approximate surface area is 73.5 Å². The highest BCUT2D eigenvalue weighted by molar-refractivity contribution is 6.66. The van der Waals surface area contributed by atoms with E-state index in [1.54, 1.807) is 6.33 Å². The number of alkyl halides is 1. The van der Waals surface area contributed by atoms with Gasteiger partial charge < -0.3 is 4.98 Å². The highest BCUT2D eigenvalue weighted by atomic mass is 35.5. The molecule has 0 spiro atoms. The Bertz CT molecular complexity index is 305. The molecule has 2 rings (SSSR count). The van der Waals surface area contributed by atoms with Gasteiger partial charge in [0.05, 0.1) is 6.33 Å². The van der Waals surface area contributed by atoms with E-state index in [-0.39, 0.29) is 0 Å². The summed E-state index contributed by atoms with van der Waals surface area (Å²) in [4.78, 5) is 10.9. The molecule has 0 saturated carbocycles. The molecule has 1 aliphatic heterocycles. The largest absolute Gasteiger partial charge is 0.348 e. The minimum Gasteiger partial charge on any atom is -0.348 e. The molecule has 0 bridgehead atoms. The van der Waals surface area contributed by atoms with Gasteiger partial charge in [-0.3, -0.25) is 4.99 Å². The van der Waals surface area contributed by atoms with Crippen molar-refractivity contribution in [3.63, 3.8) is 0 Å². The van der Waals surface area contributed by atoms with Crippen LogP contribution in [0.3, 0.4) is 0 Å². The van der Waals surface area contributed by atoms with E-state index < -0.39 is 5.50 Å². The molecule has 1 atom stereocenters. The van der Waals surface area contributed by atoms with Gasteiger partial charge in [0.2, 0.25) is 0 Å². The van der Waals surface area contributed by atoms with Crippen molar-refractivity contribution < 1.29 is 0 Å². The van der Waals surface area contributed by atoms with Crippen molar-refractivity contribution >= 4 is 28.4 Å². The molecule has 1 aromatic heterocycles. The van der Waals surface area contributed by atoms with Crippen LogP contribution in [-0.4, -0.2) is 15.1 Å². The normalized spacial score (nSPS) is 22.7. The number of halogens is 2. The van der Waals surface area contributed by atoms with Crippen molar-refractivity contribution in [2.24, 2.45) is 4.99 Å². The summed E-state index contributed by atoms with van der Waals surface area (Å²) in [6, 6.07) is 0. The standard InChI is InChI=1S/C6H5Cl2N3/c7-4-1-3-5(6(8)11-4)10-2-9-3/h2,6H,1H2,(H,9,10). The van der Waals surface area contributed by atoms with E-state index >= 15 is 0 Å². The Kier molecular flexibility index (Phi) is 1.62. The number of nitrogens with zero attached hydrogens (tertiary/aromatic N) is 2. The number of aliphatic imine (C=N–C) groups is 1. The van der Waals surface area contributed by atoms with E-state index in [1.165, 1.54) is 0 Å². The van der Waals surface area contributed by atoms with Crippen molar-refractivity contribution in [2.45, 2.75) is 11.9 Å². The summed E-state index contributed by atoms with van der Waals surface area (Å²) in [5, 5.41) is 0.529. The SMILES string of the molecule is ClC1=NC(Cl)c2nc[nH]c2C1. The lowest BCUT2D eigenvalue weighted by Gasteiger charge is -2.10. The van der Waals surface area contributed by atoms with Crippen molar-refractivity contribution in [3.05, 3.63) is 17.7 Å². The molecule has 0 aliphatic carbocycles. The molecule has 0 fully saturated rings. The molecule has 1 aliphatic rings. The van der Waals surface area contributed by atoms with Gasteiger partial charge in [0.1, 0.15) is 10.9 Å². The van der Waals surface area contributed by atoms with Crippen molar-refractivity contribution in [1.29, 1.82) is 0 Å². The average Bonchev–Trinajstić information content (AvgIpc) is 2.34. The number of hydrogen-bond donors (Lipinski definition) is 1. The molecule has 0 saturated heterocycles. The lowest BCUT2D eigenvalue weighted by molar-refractivity contribution is 0.913. The van der Waals surface area contributed by atoms with Gasteiger partial charge in [0.15, 0.2) is 5.50 Å². The number of H-pyrrole nitrogens is 1. The molecule has 5 heteroatoms. The van der Waals surface area contributed by atoms with Gasteiger partial charge in [0.25, 0.3) is 0 Å². The molecule has 0 amide bonds. The minimum absolute atomic E-state index is 0.419. The van der Waals surface area contributed by atoms with Crippen LogP contribution in [-0.2, 0) is 6.42 Å². The second kappa shape index (κ2) is 2.50. The number of nitrogens with one attached hydrogen (secondary N) is 1. The summed E-state index contributed by atoms with van der Waals surface area (Å²) in [5.41, 5.74) is 1.33. The van der Waals surface area contributed by atoms with E-state index in [2.05, 4.69) is 15.0 Å². The Morgan fingerprint density at radius 2 is 2.45 bits per heavy atom. The molecular formula is C6H5Cl2N3. The zero-order chi connectivity index (χ0) is 7.84. The molecule has 0 aromatic carbocycles. The average molecular weight is 190 g/mol. The van der Waals surface area contributed by atoms with Crippen LogP contribution >= 0.6 is 23.2 Å². The smallest absolute Gasteiger partial charge is 0.168 e. The van der Waals surface area contributed by atoms with Gasteiger partial charge in [-0.2, -0.15) is 0 Å². The minimum atomic E-state index is -0.419. The zero-order valence-corrected chi connectivity index (χ0v) is 7.02. The van der Waals surface area contributed by atoms with E-state index in [9.17, 15) is 0 Å².